The molecule has 3 heteroatoms. The Bertz CT molecular complexity index is 436. The SMILES string of the molecule is Cc1ccsc1CN[C@H](C)c1ccncc1. The number of pyridine rings is 1. The van der Waals surface area contributed by atoms with Gasteiger partial charge in [0.1, 0.15) is 0 Å². The molecule has 0 aliphatic rings. The zero-order valence-electron chi connectivity index (χ0n) is 9.60. The van der Waals surface area contributed by atoms with Gasteiger partial charge in [0.15, 0.2) is 0 Å². The first-order valence-electron chi connectivity index (χ1n) is 5.43. The maximum atomic E-state index is 4.03. The van der Waals surface area contributed by atoms with E-state index in [2.05, 4.69) is 47.7 Å². The van der Waals surface area contributed by atoms with Crippen molar-refractivity contribution in [3.63, 3.8) is 0 Å². The van der Waals surface area contributed by atoms with E-state index in [0.717, 1.165) is 6.54 Å². The molecule has 0 spiro atoms. The van der Waals surface area contributed by atoms with Crippen LogP contribution in [0.2, 0.25) is 0 Å². The number of rotatable bonds is 4. The molecule has 2 aromatic heterocycles. The molecule has 1 atom stereocenters. The lowest BCUT2D eigenvalue weighted by Crippen LogP contribution is -2.17. The van der Waals surface area contributed by atoms with Crippen molar-refractivity contribution in [3.05, 3.63) is 52.0 Å². The van der Waals surface area contributed by atoms with Crippen molar-refractivity contribution in [2.45, 2.75) is 26.4 Å². The van der Waals surface area contributed by atoms with Gasteiger partial charge in [-0.2, -0.15) is 0 Å². The Labute approximate surface area is 100 Å². The van der Waals surface area contributed by atoms with Crippen LogP contribution >= 0.6 is 11.3 Å². The van der Waals surface area contributed by atoms with Crippen LogP contribution in [0.5, 0.6) is 0 Å². The fraction of sp³-hybridized carbons (Fsp3) is 0.308. The molecule has 0 aliphatic carbocycles. The van der Waals surface area contributed by atoms with E-state index in [1.165, 1.54) is 16.0 Å². The number of hydrogen-bond donors (Lipinski definition) is 1. The number of hydrogen-bond acceptors (Lipinski definition) is 3. The van der Waals surface area contributed by atoms with Gasteiger partial charge in [-0.15, -0.1) is 11.3 Å². The zero-order valence-corrected chi connectivity index (χ0v) is 10.4. The average molecular weight is 232 g/mol. The minimum atomic E-state index is 0.365. The van der Waals surface area contributed by atoms with E-state index >= 15 is 0 Å². The van der Waals surface area contributed by atoms with Gasteiger partial charge in [-0.25, -0.2) is 0 Å². The molecule has 0 aliphatic heterocycles. The Morgan fingerprint density at radius 1 is 1.31 bits per heavy atom. The minimum absolute atomic E-state index is 0.365. The first-order chi connectivity index (χ1) is 7.77. The van der Waals surface area contributed by atoms with Crippen LogP contribution in [0.1, 0.15) is 29.0 Å². The number of aryl methyl sites for hydroxylation is 1. The van der Waals surface area contributed by atoms with Gasteiger partial charge in [0.2, 0.25) is 0 Å². The summed E-state index contributed by atoms with van der Waals surface area (Å²) < 4.78 is 0. The molecule has 16 heavy (non-hydrogen) atoms. The molecule has 2 rings (SSSR count). The molecule has 2 aromatic rings. The topological polar surface area (TPSA) is 24.9 Å². The summed E-state index contributed by atoms with van der Waals surface area (Å²) in [5, 5.41) is 5.67. The summed E-state index contributed by atoms with van der Waals surface area (Å²) in [7, 11) is 0. The third-order valence-electron chi connectivity index (χ3n) is 2.74. The number of thiophene rings is 1. The molecular weight excluding hydrogens is 216 g/mol. The lowest BCUT2D eigenvalue weighted by molar-refractivity contribution is 0.577. The second-order valence-electron chi connectivity index (χ2n) is 3.91. The molecule has 0 saturated carbocycles. The fourth-order valence-electron chi connectivity index (χ4n) is 1.60. The van der Waals surface area contributed by atoms with Crippen molar-refractivity contribution in [3.8, 4) is 0 Å². The van der Waals surface area contributed by atoms with Gasteiger partial charge < -0.3 is 5.32 Å². The standard InChI is InChI=1S/C13H16N2S/c1-10-5-8-16-13(10)9-15-11(2)12-3-6-14-7-4-12/h3-8,11,15H,9H2,1-2H3/t11-/m1/s1. The molecule has 0 fully saturated rings. The summed E-state index contributed by atoms with van der Waals surface area (Å²) in [5.74, 6) is 0. The quantitative estimate of drug-likeness (QED) is 0.875. The van der Waals surface area contributed by atoms with E-state index in [9.17, 15) is 0 Å². The maximum absolute atomic E-state index is 4.03. The summed E-state index contributed by atoms with van der Waals surface area (Å²) in [4.78, 5) is 5.44. The van der Waals surface area contributed by atoms with Crippen LogP contribution in [0.25, 0.3) is 0 Å². The molecule has 0 unspecified atom stereocenters. The Hall–Kier alpha value is -1.19. The van der Waals surface area contributed by atoms with Crippen molar-refractivity contribution < 1.29 is 0 Å². The van der Waals surface area contributed by atoms with Gasteiger partial charge in [0.25, 0.3) is 0 Å². The van der Waals surface area contributed by atoms with Crippen LogP contribution in [-0.2, 0) is 6.54 Å². The second-order valence-corrected chi connectivity index (χ2v) is 4.91. The monoisotopic (exact) mass is 232 g/mol. The van der Waals surface area contributed by atoms with Crippen molar-refractivity contribution in [2.24, 2.45) is 0 Å². The maximum Gasteiger partial charge on any atom is 0.0308 e. The first kappa shape index (κ1) is 11.3. The highest BCUT2D eigenvalue weighted by Gasteiger charge is 2.05. The van der Waals surface area contributed by atoms with Crippen molar-refractivity contribution in [1.29, 1.82) is 0 Å². The van der Waals surface area contributed by atoms with Crippen LogP contribution in [0, 0.1) is 6.92 Å². The van der Waals surface area contributed by atoms with Crippen LogP contribution in [0.15, 0.2) is 36.0 Å². The fourth-order valence-corrected chi connectivity index (χ4v) is 2.46. The summed E-state index contributed by atoms with van der Waals surface area (Å²) in [5.41, 5.74) is 2.66. The van der Waals surface area contributed by atoms with E-state index in [1.54, 1.807) is 0 Å². The van der Waals surface area contributed by atoms with Gasteiger partial charge in [-0.3, -0.25) is 4.98 Å². The van der Waals surface area contributed by atoms with Crippen molar-refractivity contribution in [2.75, 3.05) is 0 Å². The molecule has 0 aromatic carbocycles. The van der Waals surface area contributed by atoms with E-state index in [4.69, 9.17) is 0 Å². The van der Waals surface area contributed by atoms with Gasteiger partial charge in [-0.05, 0) is 48.6 Å². The largest absolute Gasteiger partial charge is 0.305 e. The molecule has 2 heterocycles. The molecule has 0 radical (unpaired) electrons. The van der Waals surface area contributed by atoms with E-state index in [1.807, 2.05) is 23.7 Å². The van der Waals surface area contributed by atoms with Crippen LogP contribution < -0.4 is 5.32 Å². The smallest absolute Gasteiger partial charge is 0.0308 e. The predicted molar refractivity (Wildman–Crippen MR) is 68.5 cm³/mol. The molecule has 2 nitrogen and oxygen atoms in total. The summed E-state index contributed by atoms with van der Waals surface area (Å²) in [6.45, 7) is 5.27. The second kappa shape index (κ2) is 5.23. The van der Waals surface area contributed by atoms with E-state index in [0.29, 0.717) is 6.04 Å². The number of aromatic nitrogens is 1. The van der Waals surface area contributed by atoms with Gasteiger partial charge in [0, 0.05) is 29.9 Å². The molecule has 0 saturated heterocycles. The molecule has 0 bridgehead atoms. The van der Waals surface area contributed by atoms with Crippen molar-refractivity contribution >= 4 is 11.3 Å². The van der Waals surface area contributed by atoms with Gasteiger partial charge in [-0.1, -0.05) is 0 Å². The highest BCUT2D eigenvalue weighted by molar-refractivity contribution is 7.10. The Balaban J connectivity index is 1.94. The zero-order chi connectivity index (χ0) is 11.4. The average Bonchev–Trinajstić information content (AvgIpc) is 2.73. The van der Waals surface area contributed by atoms with Gasteiger partial charge >= 0.3 is 0 Å². The summed E-state index contributed by atoms with van der Waals surface area (Å²) >= 11 is 1.81. The van der Waals surface area contributed by atoms with Crippen LogP contribution in [-0.4, -0.2) is 4.98 Å². The lowest BCUT2D eigenvalue weighted by atomic mass is 10.1. The van der Waals surface area contributed by atoms with Crippen LogP contribution in [0.3, 0.4) is 0 Å². The Kier molecular flexibility index (Phi) is 3.70. The first-order valence-corrected chi connectivity index (χ1v) is 6.31. The summed E-state index contributed by atoms with van der Waals surface area (Å²) in [6, 6.07) is 6.64. The Morgan fingerprint density at radius 3 is 2.69 bits per heavy atom. The van der Waals surface area contributed by atoms with E-state index < -0.39 is 0 Å². The molecule has 84 valence electrons. The van der Waals surface area contributed by atoms with Crippen LogP contribution in [0.4, 0.5) is 0 Å². The predicted octanol–water partition coefficient (Wildman–Crippen LogP) is 3.30. The number of nitrogens with zero attached hydrogens (tertiary/aromatic N) is 1. The van der Waals surface area contributed by atoms with Gasteiger partial charge in [0.05, 0.1) is 0 Å². The third kappa shape index (κ3) is 2.68. The highest BCUT2D eigenvalue weighted by Crippen LogP contribution is 2.17. The third-order valence-corrected chi connectivity index (χ3v) is 3.77. The highest BCUT2D eigenvalue weighted by atomic mass is 32.1. The summed E-state index contributed by atoms with van der Waals surface area (Å²) in [6.07, 6.45) is 3.67. The normalized spacial score (nSPS) is 12.6. The molecule has 0 amide bonds. The minimum Gasteiger partial charge on any atom is -0.305 e. The molecular formula is C13H16N2S. The van der Waals surface area contributed by atoms with Crippen molar-refractivity contribution in [1.82, 2.24) is 10.3 Å². The van der Waals surface area contributed by atoms with E-state index in [-0.39, 0.29) is 0 Å². The number of nitrogens with one attached hydrogen (secondary N) is 1. The Morgan fingerprint density at radius 2 is 2.06 bits per heavy atom. The molecule has 1 N–H and O–H groups in total. The lowest BCUT2D eigenvalue weighted by Gasteiger charge is -2.13.